The molecule has 1 amide bonds. The lowest BCUT2D eigenvalue weighted by Gasteiger charge is -2.44. The van der Waals surface area contributed by atoms with Gasteiger partial charge in [0.1, 0.15) is 5.25 Å². The van der Waals surface area contributed by atoms with Gasteiger partial charge in [-0.1, -0.05) is 19.8 Å². The third-order valence-electron chi connectivity index (χ3n) is 4.62. The first-order valence-electron chi connectivity index (χ1n) is 7.77. The molecule has 2 aliphatic rings. The molecule has 114 valence electrons. The second-order valence-corrected chi connectivity index (χ2v) is 7.08. The summed E-state index contributed by atoms with van der Waals surface area (Å²) in [6, 6.07) is 0.426. The summed E-state index contributed by atoms with van der Waals surface area (Å²) in [5, 5.41) is 8.59. The number of thioether (sulfide) groups is 1. The van der Waals surface area contributed by atoms with Crippen LogP contribution in [0.1, 0.15) is 51.9 Å². The molecule has 1 N–H and O–H groups in total. The molecule has 2 rings (SSSR count). The third-order valence-corrected chi connectivity index (χ3v) is 5.97. The Morgan fingerprint density at radius 1 is 1.25 bits per heavy atom. The average molecular weight is 299 g/mol. The first-order valence-corrected chi connectivity index (χ1v) is 8.82. The number of aliphatic carboxylic acids is 1. The highest BCUT2D eigenvalue weighted by Crippen LogP contribution is 2.35. The number of carboxylic acids is 1. The molecule has 5 heteroatoms. The summed E-state index contributed by atoms with van der Waals surface area (Å²) >= 11 is 1.28. The number of nitrogens with zero attached hydrogens (tertiary/aromatic N) is 1. The summed E-state index contributed by atoms with van der Waals surface area (Å²) in [5.74, 6) is 0.340. The van der Waals surface area contributed by atoms with Crippen molar-refractivity contribution in [2.75, 3.05) is 12.3 Å². The highest BCUT2D eigenvalue weighted by Gasteiger charge is 2.35. The van der Waals surface area contributed by atoms with Gasteiger partial charge in [-0.2, -0.15) is 0 Å². The molecule has 3 unspecified atom stereocenters. The zero-order chi connectivity index (χ0) is 14.5. The van der Waals surface area contributed by atoms with E-state index in [-0.39, 0.29) is 5.91 Å². The molecule has 4 nitrogen and oxygen atoms in total. The smallest absolute Gasteiger partial charge is 0.316 e. The molecular weight excluding hydrogens is 274 g/mol. The number of rotatable bonds is 5. The van der Waals surface area contributed by atoms with Crippen molar-refractivity contribution in [1.29, 1.82) is 0 Å². The molecule has 3 atom stereocenters. The molecule has 1 saturated heterocycles. The number of hydrogen-bond acceptors (Lipinski definition) is 3. The van der Waals surface area contributed by atoms with Crippen molar-refractivity contribution in [2.24, 2.45) is 5.92 Å². The van der Waals surface area contributed by atoms with Gasteiger partial charge in [-0.25, -0.2) is 0 Å². The largest absolute Gasteiger partial charge is 0.480 e. The molecule has 0 aromatic rings. The fourth-order valence-corrected chi connectivity index (χ4v) is 4.44. The number of hydrogen-bond donors (Lipinski definition) is 1. The minimum Gasteiger partial charge on any atom is -0.480 e. The minimum atomic E-state index is -0.806. The third kappa shape index (κ3) is 3.68. The van der Waals surface area contributed by atoms with E-state index in [1.165, 1.54) is 37.4 Å². The summed E-state index contributed by atoms with van der Waals surface area (Å²) in [6.45, 7) is 2.72. The molecule has 1 aliphatic heterocycles. The Balaban J connectivity index is 1.89. The quantitative estimate of drug-likeness (QED) is 0.848. The predicted octanol–water partition coefficient (Wildman–Crippen LogP) is 2.76. The van der Waals surface area contributed by atoms with Crippen LogP contribution in [0.2, 0.25) is 0 Å². The van der Waals surface area contributed by atoms with E-state index in [9.17, 15) is 9.59 Å². The van der Waals surface area contributed by atoms with Crippen LogP contribution < -0.4 is 0 Å². The SMILES string of the molecule is CCC(SCC(=O)N1CCCC2CCCCC21)C(=O)O. The lowest BCUT2D eigenvalue weighted by molar-refractivity contribution is -0.136. The van der Waals surface area contributed by atoms with Crippen molar-refractivity contribution in [3.63, 3.8) is 0 Å². The summed E-state index contributed by atoms with van der Waals surface area (Å²) in [5.41, 5.74) is 0. The fraction of sp³-hybridized carbons (Fsp3) is 0.867. The van der Waals surface area contributed by atoms with Crippen molar-refractivity contribution in [3.05, 3.63) is 0 Å². The summed E-state index contributed by atoms with van der Waals surface area (Å²) < 4.78 is 0. The van der Waals surface area contributed by atoms with E-state index in [0.29, 0.717) is 24.1 Å². The molecule has 0 aromatic heterocycles. The van der Waals surface area contributed by atoms with E-state index < -0.39 is 11.2 Å². The zero-order valence-corrected chi connectivity index (χ0v) is 13.0. The van der Waals surface area contributed by atoms with E-state index in [1.54, 1.807) is 0 Å². The van der Waals surface area contributed by atoms with Crippen molar-refractivity contribution in [2.45, 2.75) is 63.2 Å². The molecule has 2 fully saturated rings. The minimum absolute atomic E-state index is 0.145. The fourth-order valence-electron chi connectivity index (χ4n) is 3.55. The van der Waals surface area contributed by atoms with Crippen molar-refractivity contribution in [1.82, 2.24) is 4.90 Å². The number of piperidine rings is 1. The Kier molecular flexibility index (Phi) is 5.75. The molecule has 0 bridgehead atoms. The molecule has 1 aliphatic carbocycles. The van der Waals surface area contributed by atoms with Gasteiger partial charge in [-0.05, 0) is 38.0 Å². The normalized spacial score (nSPS) is 27.8. The first kappa shape index (κ1) is 15.7. The van der Waals surface area contributed by atoms with Crippen molar-refractivity contribution < 1.29 is 14.7 Å². The van der Waals surface area contributed by atoms with E-state index in [2.05, 4.69) is 4.90 Å². The van der Waals surface area contributed by atoms with Crippen LogP contribution >= 0.6 is 11.8 Å². The molecule has 1 heterocycles. The highest BCUT2D eigenvalue weighted by molar-refractivity contribution is 8.01. The van der Waals surface area contributed by atoms with Crippen molar-refractivity contribution >= 4 is 23.6 Å². The van der Waals surface area contributed by atoms with E-state index in [0.717, 1.165) is 19.4 Å². The lowest BCUT2D eigenvalue weighted by Crippen LogP contribution is -2.50. The molecular formula is C15H25NO3S. The van der Waals surface area contributed by atoms with Crippen LogP contribution in [0.4, 0.5) is 0 Å². The van der Waals surface area contributed by atoms with Crippen LogP contribution in [-0.4, -0.2) is 45.5 Å². The molecule has 0 spiro atoms. The Bertz CT molecular complexity index is 359. The van der Waals surface area contributed by atoms with Crippen LogP contribution in [0.5, 0.6) is 0 Å². The van der Waals surface area contributed by atoms with E-state index in [1.807, 2.05) is 6.92 Å². The molecule has 0 radical (unpaired) electrons. The van der Waals surface area contributed by atoms with Gasteiger partial charge in [0.15, 0.2) is 0 Å². The van der Waals surface area contributed by atoms with E-state index >= 15 is 0 Å². The molecule has 20 heavy (non-hydrogen) atoms. The van der Waals surface area contributed by atoms with Crippen LogP contribution in [0.3, 0.4) is 0 Å². The van der Waals surface area contributed by atoms with Gasteiger partial charge in [0, 0.05) is 12.6 Å². The first-order chi connectivity index (χ1) is 9.63. The van der Waals surface area contributed by atoms with Gasteiger partial charge < -0.3 is 10.0 Å². The number of likely N-dealkylation sites (tertiary alicyclic amines) is 1. The maximum Gasteiger partial charge on any atom is 0.316 e. The molecule has 1 saturated carbocycles. The maximum atomic E-state index is 12.4. The second kappa shape index (κ2) is 7.34. The summed E-state index contributed by atoms with van der Waals surface area (Å²) in [6.07, 6.45) is 7.85. The Hall–Kier alpha value is -0.710. The van der Waals surface area contributed by atoms with Gasteiger partial charge >= 0.3 is 5.97 Å². The summed E-state index contributed by atoms with van der Waals surface area (Å²) in [4.78, 5) is 25.5. The predicted molar refractivity (Wildman–Crippen MR) is 80.9 cm³/mol. The van der Waals surface area contributed by atoms with E-state index in [4.69, 9.17) is 5.11 Å². The van der Waals surface area contributed by atoms with Gasteiger partial charge in [0.25, 0.3) is 0 Å². The van der Waals surface area contributed by atoms with Crippen LogP contribution in [-0.2, 0) is 9.59 Å². The summed E-state index contributed by atoms with van der Waals surface area (Å²) in [7, 11) is 0. The van der Waals surface area contributed by atoms with Gasteiger partial charge in [0.2, 0.25) is 5.91 Å². The van der Waals surface area contributed by atoms with Gasteiger partial charge in [-0.3, -0.25) is 9.59 Å². The monoisotopic (exact) mass is 299 g/mol. The van der Waals surface area contributed by atoms with Crippen LogP contribution in [0, 0.1) is 5.92 Å². The Morgan fingerprint density at radius 2 is 1.95 bits per heavy atom. The number of carbonyl (C=O) groups is 2. The molecule has 0 aromatic carbocycles. The average Bonchev–Trinajstić information content (AvgIpc) is 2.46. The Morgan fingerprint density at radius 3 is 2.65 bits per heavy atom. The van der Waals surface area contributed by atoms with Gasteiger partial charge in [-0.15, -0.1) is 11.8 Å². The van der Waals surface area contributed by atoms with Crippen LogP contribution in [0.25, 0.3) is 0 Å². The Labute approximate surface area is 125 Å². The standard InChI is InChI=1S/C15H25NO3S/c1-2-13(15(18)19)20-10-14(17)16-9-5-7-11-6-3-4-8-12(11)16/h11-13H,2-10H2,1H3,(H,18,19). The van der Waals surface area contributed by atoms with Crippen molar-refractivity contribution in [3.8, 4) is 0 Å². The maximum absolute atomic E-state index is 12.4. The number of amides is 1. The zero-order valence-electron chi connectivity index (χ0n) is 12.2. The van der Waals surface area contributed by atoms with Gasteiger partial charge in [0.05, 0.1) is 5.75 Å². The highest BCUT2D eigenvalue weighted by atomic mass is 32.2. The second-order valence-electron chi connectivity index (χ2n) is 5.89. The number of fused-ring (bicyclic) bond motifs is 1. The topological polar surface area (TPSA) is 57.6 Å². The number of carbonyl (C=O) groups excluding carboxylic acids is 1. The number of carboxylic acid groups (broad SMARTS) is 1. The lowest BCUT2D eigenvalue weighted by atomic mass is 9.78. The van der Waals surface area contributed by atoms with Crippen LogP contribution in [0.15, 0.2) is 0 Å².